The second-order valence-corrected chi connectivity index (χ2v) is 6.29. The van der Waals surface area contributed by atoms with E-state index in [2.05, 4.69) is 10.6 Å². The minimum atomic E-state index is -1.11. The lowest BCUT2D eigenvalue weighted by Crippen LogP contribution is -2.46. The summed E-state index contributed by atoms with van der Waals surface area (Å²) in [5.41, 5.74) is 0.726. The largest absolute Gasteiger partial charge is 0.490 e. The van der Waals surface area contributed by atoms with E-state index in [-0.39, 0.29) is 6.04 Å². The minimum absolute atomic E-state index is 0.117. The van der Waals surface area contributed by atoms with E-state index in [1.165, 1.54) is 13.0 Å². The Kier molecular flexibility index (Phi) is 7.22. The molecule has 27 heavy (non-hydrogen) atoms. The summed E-state index contributed by atoms with van der Waals surface area (Å²) in [4.78, 5) is 35.2. The first-order chi connectivity index (χ1) is 12.8. The highest BCUT2D eigenvalue weighted by Crippen LogP contribution is 2.30. The number of urea groups is 1. The average Bonchev–Trinajstić information content (AvgIpc) is 2.83. The van der Waals surface area contributed by atoms with E-state index in [1.807, 2.05) is 0 Å². The first kappa shape index (κ1) is 20.3. The van der Waals surface area contributed by atoms with Crippen molar-refractivity contribution < 1.29 is 28.6 Å². The van der Waals surface area contributed by atoms with E-state index >= 15 is 0 Å². The van der Waals surface area contributed by atoms with Gasteiger partial charge in [0.1, 0.15) is 0 Å². The molecule has 0 saturated carbocycles. The Morgan fingerprint density at radius 1 is 1.11 bits per heavy atom. The zero-order valence-electron chi connectivity index (χ0n) is 15.6. The Bertz CT molecular complexity index is 729. The molecule has 1 aliphatic heterocycles. The van der Waals surface area contributed by atoms with Crippen LogP contribution in [0.3, 0.4) is 0 Å². The third-order valence-corrected chi connectivity index (χ3v) is 3.50. The maximum absolute atomic E-state index is 11.9. The lowest BCUT2D eigenvalue weighted by Gasteiger charge is -2.13. The van der Waals surface area contributed by atoms with Gasteiger partial charge >= 0.3 is 12.0 Å². The van der Waals surface area contributed by atoms with Crippen LogP contribution in [-0.2, 0) is 14.3 Å². The van der Waals surface area contributed by atoms with Crippen molar-refractivity contribution in [3.8, 4) is 11.5 Å². The molecule has 8 nitrogen and oxygen atoms in total. The molecule has 0 unspecified atom stereocenters. The summed E-state index contributed by atoms with van der Waals surface area (Å²) >= 11 is 0. The van der Waals surface area contributed by atoms with Crippen LogP contribution in [0.4, 0.5) is 4.79 Å². The van der Waals surface area contributed by atoms with E-state index in [1.54, 1.807) is 38.1 Å². The van der Waals surface area contributed by atoms with Gasteiger partial charge in [-0.15, -0.1) is 0 Å². The second kappa shape index (κ2) is 9.61. The van der Waals surface area contributed by atoms with Gasteiger partial charge in [-0.05, 0) is 44.5 Å². The third-order valence-electron chi connectivity index (χ3n) is 3.50. The normalized spacial score (nSPS) is 14.4. The number of ether oxygens (including phenoxy) is 3. The van der Waals surface area contributed by atoms with E-state index in [0.29, 0.717) is 24.7 Å². The lowest BCUT2D eigenvalue weighted by molar-refractivity contribution is -0.149. The molecule has 2 rings (SSSR count). The number of carbonyl (C=O) groups excluding carboxylic acids is 3. The molecule has 0 spiro atoms. The number of rotatable bonds is 5. The fraction of sp³-hybridized carbons (Fsp3) is 0.421. The van der Waals surface area contributed by atoms with E-state index < -0.39 is 24.0 Å². The van der Waals surface area contributed by atoms with Crippen molar-refractivity contribution in [2.75, 3.05) is 13.2 Å². The molecule has 146 valence electrons. The molecule has 0 aromatic heterocycles. The van der Waals surface area contributed by atoms with Gasteiger partial charge in [-0.3, -0.25) is 10.1 Å². The quantitative estimate of drug-likeness (QED) is 0.602. The number of carbonyl (C=O) groups is 3. The predicted molar refractivity (Wildman–Crippen MR) is 98.4 cm³/mol. The van der Waals surface area contributed by atoms with Crippen LogP contribution >= 0.6 is 0 Å². The number of esters is 1. The van der Waals surface area contributed by atoms with Crippen LogP contribution in [0.2, 0.25) is 0 Å². The summed E-state index contributed by atoms with van der Waals surface area (Å²) in [7, 11) is 0. The molecule has 1 aromatic carbocycles. The number of benzene rings is 1. The zero-order valence-corrected chi connectivity index (χ0v) is 15.6. The van der Waals surface area contributed by atoms with Gasteiger partial charge < -0.3 is 19.5 Å². The Balaban J connectivity index is 1.88. The van der Waals surface area contributed by atoms with Gasteiger partial charge in [0.15, 0.2) is 17.6 Å². The summed E-state index contributed by atoms with van der Waals surface area (Å²) < 4.78 is 16.1. The van der Waals surface area contributed by atoms with Crippen molar-refractivity contribution >= 4 is 24.0 Å². The highest BCUT2D eigenvalue weighted by atomic mass is 16.5. The lowest BCUT2D eigenvalue weighted by atomic mass is 10.2. The molecule has 2 N–H and O–H groups in total. The number of amides is 3. The molecule has 0 saturated heterocycles. The second-order valence-electron chi connectivity index (χ2n) is 6.29. The molecule has 1 aromatic rings. The topological polar surface area (TPSA) is 103 Å². The standard InChI is InChI=1S/C19H24N2O6/c1-12(2)20-19(24)21-18(23)13(3)27-17(22)8-6-14-5-7-15-16(11-14)26-10-4-9-25-15/h5-8,11-13H,4,9-10H2,1-3H3,(H2,20,21,23,24)/b8-6+/t13-/m0/s1. The molecule has 1 aliphatic rings. The van der Waals surface area contributed by atoms with Gasteiger partial charge in [-0.1, -0.05) is 6.07 Å². The number of hydrogen-bond acceptors (Lipinski definition) is 6. The fourth-order valence-corrected chi connectivity index (χ4v) is 2.23. The van der Waals surface area contributed by atoms with E-state index in [4.69, 9.17) is 14.2 Å². The third kappa shape index (κ3) is 6.65. The highest BCUT2D eigenvalue weighted by Gasteiger charge is 2.19. The van der Waals surface area contributed by atoms with Gasteiger partial charge in [0, 0.05) is 18.5 Å². The maximum Gasteiger partial charge on any atom is 0.331 e. The predicted octanol–water partition coefficient (Wildman–Crippen LogP) is 2.03. The van der Waals surface area contributed by atoms with Gasteiger partial charge in [0.2, 0.25) is 0 Å². The van der Waals surface area contributed by atoms with E-state index in [9.17, 15) is 14.4 Å². The molecule has 8 heteroatoms. The molecule has 0 aliphatic carbocycles. The van der Waals surface area contributed by atoms with Gasteiger partial charge in [0.05, 0.1) is 13.2 Å². The Morgan fingerprint density at radius 3 is 2.52 bits per heavy atom. The van der Waals surface area contributed by atoms with Gasteiger partial charge in [-0.25, -0.2) is 9.59 Å². The van der Waals surface area contributed by atoms with Crippen LogP contribution in [0.15, 0.2) is 24.3 Å². The van der Waals surface area contributed by atoms with Crippen LogP contribution in [0, 0.1) is 0 Å². The molecule has 1 atom stereocenters. The molecular weight excluding hydrogens is 352 g/mol. The van der Waals surface area contributed by atoms with Crippen LogP contribution < -0.4 is 20.1 Å². The van der Waals surface area contributed by atoms with Crippen LogP contribution in [-0.4, -0.2) is 43.3 Å². The summed E-state index contributed by atoms with van der Waals surface area (Å²) in [6, 6.07) is 4.56. The first-order valence-electron chi connectivity index (χ1n) is 8.75. The Labute approximate surface area is 157 Å². The fourth-order valence-electron chi connectivity index (χ4n) is 2.23. The maximum atomic E-state index is 11.9. The minimum Gasteiger partial charge on any atom is -0.490 e. The van der Waals surface area contributed by atoms with Crippen molar-refractivity contribution in [3.05, 3.63) is 29.8 Å². The van der Waals surface area contributed by atoms with Crippen molar-refractivity contribution in [3.63, 3.8) is 0 Å². The molecule has 0 fully saturated rings. The van der Waals surface area contributed by atoms with Crippen LogP contribution in [0.1, 0.15) is 32.8 Å². The number of imide groups is 1. The van der Waals surface area contributed by atoms with Crippen molar-refractivity contribution in [1.82, 2.24) is 10.6 Å². The number of fused-ring (bicyclic) bond motifs is 1. The van der Waals surface area contributed by atoms with Gasteiger partial charge in [0.25, 0.3) is 5.91 Å². The highest BCUT2D eigenvalue weighted by molar-refractivity contribution is 5.98. The summed E-state index contributed by atoms with van der Waals surface area (Å²) in [6.07, 6.45) is 2.45. The average molecular weight is 376 g/mol. The first-order valence-corrected chi connectivity index (χ1v) is 8.75. The molecule has 1 heterocycles. The monoisotopic (exact) mass is 376 g/mol. The van der Waals surface area contributed by atoms with E-state index in [0.717, 1.165) is 12.0 Å². The molecule has 0 radical (unpaired) electrons. The number of nitrogens with one attached hydrogen (secondary N) is 2. The smallest absolute Gasteiger partial charge is 0.331 e. The number of hydrogen-bond donors (Lipinski definition) is 2. The summed E-state index contributed by atoms with van der Waals surface area (Å²) in [5, 5.41) is 4.62. The van der Waals surface area contributed by atoms with Crippen molar-refractivity contribution in [2.24, 2.45) is 0 Å². The molecule has 3 amide bonds. The van der Waals surface area contributed by atoms with Crippen molar-refractivity contribution in [1.29, 1.82) is 0 Å². The Hall–Kier alpha value is -3.03. The molecular formula is C19H24N2O6. The van der Waals surface area contributed by atoms with Crippen LogP contribution in [0.25, 0.3) is 6.08 Å². The Morgan fingerprint density at radius 2 is 1.81 bits per heavy atom. The summed E-state index contributed by atoms with van der Waals surface area (Å²) in [6.45, 7) is 6.08. The van der Waals surface area contributed by atoms with Crippen LogP contribution in [0.5, 0.6) is 11.5 Å². The zero-order chi connectivity index (χ0) is 19.8. The van der Waals surface area contributed by atoms with Gasteiger partial charge in [-0.2, -0.15) is 0 Å². The SMILES string of the molecule is CC(C)NC(=O)NC(=O)[C@H](C)OC(=O)/C=C/c1ccc2c(c1)OCCCO2. The molecule has 0 bridgehead atoms. The van der Waals surface area contributed by atoms with Crippen molar-refractivity contribution in [2.45, 2.75) is 39.3 Å². The summed E-state index contributed by atoms with van der Waals surface area (Å²) in [5.74, 6) is -0.122.